The Kier molecular flexibility index (Phi) is 10.3. The average molecular weight is 570 g/mol. The first-order chi connectivity index (χ1) is 19.7. The molecule has 4 rings (SSSR count). The van der Waals surface area contributed by atoms with Crippen molar-refractivity contribution in [2.45, 2.75) is 78.2 Å². The van der Waals surface area contributed by atoms with Crippen LogP contribution in [-0.4, -0.2) is 69.5 Å². The van der Waals surface area contributed by atoms with Crippen LogP contribution in [0.2, 0.25) is 0 Å². The van der Waals surface area contributed by atoms with Gasteiger partial charge in [0.15, 0.2) is 0 Å². The molecule has 2 heterocycles. The van der Waals surface area contributed by atoms with E-state index < -0.39 is 23.8 Å². The number of benzene rings is 2. The van der Waals surface area contributed by atoms with Gasteiger partial charge >= 0.3 is 6.03 Å². The van der Waals surface area contributed by atoms with Crippen LogP contribution < -0.4 is 5.32 Å². The number of piperazine rings is 1. The molecule has 2 aliphatic heterocycles. The molecular formula is C31H41F2N5O3. The van der Waals surface area contributed by atoms with Crippen LogP contribution in [0, 0.1) is 17.6 Å². The van der Waals surface area contributed by atoms with Gasteiger partial charge < -0.3 is 15.1 Å². The summed E-state index contributed by atoms with van der Waals surface area (Å²) in [5.41, 5.74) is 1.25. The third-order valence-corrected chi connectivity index (χ3v) is 7.56. The van der Waals surface area contributed by atoms with Gasteiger partial charge in [0.25, 0.3) is 0 Å². The zero-order valence-electron chi connectivity index (χ0n) is 24.2. The largest absolute Gasteiger partial charge is 0.337 e. The van der Waals surface area contributed by atoms with E-state index >= 15 is 0 Å². The van der Waals surface area contributed by atoms with Gasteiger partial charge in [-0.15, -0.1) is 0 Å². The smallest absolute Gasteiger partial charge is 0.333 e. The van der Waals surface area contributed by atoms with Crippen LogP contribution >= 0.6 is 0 Å². The first kappa shape index (κ1) is 30.4. The van der Waals surface area contributed by atoms with E-state index in [1.807, 2.05) is 13.8 Å². The van der Waals surface area contributed by atoms with Gasteiger partial charge in [-0.3, -0.25) is 9.59 Å². The minimum atomic E-state index is -0.768. The normalized spacial score (nSPS) is 19.6. The topological polar surface area (TPSA) is 76.2 Å². The molecule has 2 atom stereocenters. The van der Waals surface area contributed by atoms with Gasteiger partial charge in [-0.2, -0.15) is 0 Å². The number of hydrogen-bond donors (Lipinski definition) is 1. The number of carbonyl (C=O) groups is 3. The van der Waals surface area contributed by atoms with E-state index in [1.54, 1.807) is 39.1 Å². The molecule has 4 amide bonds. The van der Waals surface area contributed by atoms with Crippen molar-refractivity contribution in [1.82, 2.24) is 25.1 Å². The fraction of sp³-hybridized carbons (Fsp3) is 0.516. The maximum Gasteiger partial charge on any atom is 0.333 e. The molecule has 0 spiro atoms. The summed E-state index contributed by atoms with van der Waals surface area (Å²) in [5.74, 6) is -1.17. The third-order valence-electron chi connectivity index (χ3n) is 7.56. The minimum absolute atomic E-state index is 0.0680. The van der Waals surface area contributed by atoms with E-state index in [0.717, 1.165) is 25.7 Å². The molecule has 8 nitrogen and oxygen atoms in total. The number of urea groups is 1. The van der Waals surface area contributed by atoms with E-state index in [2.05, 4.69) is 12.2 Å². The zero-order valence-corrected chi connectivity index (χ0v) is 24.2. The Morgan fingerprint density at radius 1 is 0.976 bits per heavy atom. The second kappa shape index (κ2) is 13.9. The van der Waals surface area contributed by atoms with E-state index in [9.17, 15) is 23.2 Å². The van der Waals surface area contributed by atoms with Crippen molar-refractivity contribution < 1.29 is 23.2 Å². The number of fused-ring (bicyclic) bond motifs is 1. The average Bonchev–Trinajstić information content (AvgIpc) is 2.90. The van der Waals surface area contributed by atoms with Crippen molar-refractivity contribution in [3.8, 4) is 0 Å². The van der Waals surface area contributed by atoms with Crippen molar-refractivity contribution in [1.29, 1.82) is 0 Å². The highest BCUT2D eigenvalue weighted by Crippen LogP contribution is 2.31. The molecule has 2 fully saturated rings. The molecule has 10 heteroatoms. The Bertz CT molecular complexity index is 1230. The second-order valence-corrected chi connectivity index (χ2v) is 11.4. The summed E-state index contributed by atoms with van der Waals surface area (Å²) < 4.78 is 28.0. The van der Waals surface area contributed by atoms with E-state index in [1.165, 1.54) is 29.3 Å². The molecule has 0 bridgehead atoms. The minimum Gasteiger partial charge on any atom is -0.337 e. The summed E-state index contributed by atoms with van der Waals surface area (Å²) in [6.45, 7) is 6.81. The number of halogens is 2. The lowest BCUT2D eigenvalue weighted by atomic mass is 9.96. The van der Waals surface area contributed by atoms with Gasteiger partial charge in [-0.25, -0.2) is 23.6 Å². The van der Waals surface area contributed by atoms with Gasteiger partial charge in [0.1, 0.15) is 23.8 Å². The van der Waals surface area contributed by atoms with E-state index in [4.69, 9.17) is 0 Å². The molecule has 2 aromatic carbocycles. The maximum atomic E-state index is 14.0. The first-order valence-corrected chi connectivity index (χ1v) is 14.6. The molecule has 41 heavy (non-hydrogen) atoms. The molecule has 2 saturated heterocycles. The van der Waals surface area contributed by atoms with Crippen LogP contribution in [0.3, 0.4) is 0 Å². The number of carbonyl (C=O) groups excluding carboxylic acids is 3. The summed E-state index contributed by atoms with van der Waals surface area (Å²) >= 11 is 0. The summed E-state index contributed by atoms with van der Waals surface area (Å²) in [6, 6.07) is 11.0. The van der Waals surface area contributed by atoms with Gasteiger partial charge in [0.05, 0.1) is 13.1 Å². The summed E-state index contributed by atoms with van der Waals surface area (Å²) in [4.78, 5) is 44.4. The fourth-order valence-electron chi connectivity index (χ4n) is 5.68. The number of nitrogens with zero attached hydrogens (tertiary/aromatic N) is 4. The van der Waals surface area contributed by atoms with E-state index in [0.29, 0.717) is 24.1 Å². The third kappa shape index (κ3) is 7.61. The fourth-order valence-corrected chi connectivity index (χ4v) is 5.68. The number of rotatable bonds is 11. The lowest BCUT2D eigenvalue weighted by Crippen LogP contribution is -2.76. The highest BCUT2D eigenvalue weighted by atomic mass is 19.1. The number of amides is 4. The summed E-state index contributed by atoms with van der Waals surface area (Å²) in [7, 11) is 0. The molecule has 2 aromatic rings. The molecule has 222 valence electrons. The molecule has 0 radical (unpaired) electrons. The molecule has 0 saturated carbocycles. The van der Waals surface area contributed by atoms with Crippen LogP contribution in [0.1, 0.15) is 64.0 Å². The number of hydrazine groups is 1. The van der Waals surface area contributed by atoms with Gasteiger partial charge in [0, 0.05) is 19.6 Å². The molecule has 2 aliphatic rings. The van der Waals surface area contributed by atoms with Crippen molar-refractivity contribution in [3.05, 3.63) is 71.3 Å². The van der Waals surface area contributed by atoms with Gasteiger partial charge in [0.2, 0.25) is 11.8 Å². The van der Waals surface area contributed by atoms with E-state index in [-0.39, 0.29) is 49.9 Å². The van der Waals surface area contributed by atoms with Gasteiger partial charge in [-0.1, -0.05) is 64.3 Å². The highest BCUT2D eigenvalue weighted by molar-refractivity contribution is 5.91. The molecule has 0 aliphatic carbocycles. The number of unbranched alkanes of at least 4 members (excludes halogenated alkanes) is 3. The Labute approximate surface area is 241 Å². The Balaban J connectivity index is 1.67. The van der Waals surface area contributed by atoms with Crippen LogP contribution in [0.4, 0.5) is 13.6 Å². The second-order valence-electron chi connectivity index (χ2n) is 11.4. The molecule has 0 aromatic heterocycles. The monoisotopic (exact) mass is 569 g/mol. The summed E-state index contributed by atoms with van der Waals surface area (Å²) in [5, 5.41) is 6.18. The van der Waals surface area contributed by atoms with Crippen molar-refractivity contribution >= 4 is 17.8 Å². The molecule has 0 unspecified atom stereocenters. The SMILES string of the molecule is CCCCCCNC(=O)N1[C@H]2CN(Cc3cccc(F)c3)C(=O)[C@H](CC(C)C)N2C(=O)CN1Cc1cccc(F)c1. The standard InChI is InChI=1S/C31H41F2N5O3/c1-4-5-6-7-14-34-31(41)38-28-20-35(18-23-10-8-12-25(32)16-23)30(40)27(15-22(2)3)37(28)29(39)21-36(38)19-24-11-9-13-26(33)17-24/h8-13,16-17,22,27-28H,4-7,14-15,18-21H2,1-3H3,(H,34,41)/t27-,28-/m0/s1. The van der Waals surface area contributed by atoms with Crippen molar-refractivity contribution in [2.75, 3.05) is 19.6 Å². The first-order valence-electron chi connectivity index (χ1n) is 14.6. The zero-order chi connectivity index (χ0) is 29.5. The molecule has 1 N–H and O–H groups in total. The van der Waals surface area contributed by atoms with Crippen LogP contribution in [0.25, 0.3) is 0 Å². The Morgan fingerprint density at radius 2 is 1.63 bits per heavy atom. The Morgan fingerprint density at radius 3 is 2.24 bits per heavy atom. The van der Waals surface area contributed by atoms with Gasteiger partial charge in [-0.05, 0) is 54.2 Å². The van der Waals surface area contributed by atoms with Crippen LogP contribution in [0.5, 0.6) is 0 Å². The van der Waals surface area contributed by atoms with Crippen LogP contribution in [0.15, 0.2) is 48.5 Å². The maximum absolute atomic E-state index is 14.0. The number of hydrogen-bond acceptors (Lipinski definition) is 4. The van der Waals surface area contributed by atoms with Crippen molar-refractivity contribution in [3.63, 3.8) is 0 Å². The Hall–Kier alpha value is -3.53. The quantitative estimate of drug-likeness (QED) is 0.391. The number of nitrogens with one attached hydrogen (secondary N) is 1. The summed E-state index contributed by atoms with van der Waals surface area (Å²) in [6.07, 6.45) is 3.62. The predicted molar refractivity (Wildman–Crippen MR) is 152 cm³/mol. The lowest BCUT2D eigenvalue weighted by Gasteiger charge is -2.55. The van der Waals surface area contributed by atoms with Crippen LogP contribution in [-0.2, 0) is 22.7 Å². The highest BCUT2D eigenvalue weighted by Gasteiger charge is 2.51. The lowest BCUT2D eigenvalue weighted by molar-refractivity contribution is -0.193. The molecular weight excluding hydrogens is 528 g/mol. The van der Waals surface area contributed by atoms with Crippen molar-refractivity contribution in [2.24, 2.45) is 5.92 Å². The predicted octanol–water partition coefficient (Wildman–Crippen LogP) is 4.90.